The molecule has 22 heavy (non-hydrogen) atoms. The SMILES string of the molecule is CC(C)(C)C(N)C(=O)NC(c1ccccc1)c1ccccc1. The summed E-state index contributed by atoms with van der Waals surface area (Å²) in [6.07, 6.45) is 0. The summed E-state index contributed by atoms with van der Waals surface area (Å²) >= 11 is 0. The Hall–Kier alpha value is -2.13. The third-order valence-corrected chi connectivity index (χ3v) is 3.77. The van der Waals surface area contributed by atoms with Crippen molar-refractivity contribution in [2.45, 2.75) is 32.9 Å². The van der Waals surface area contributed by atoms with Gasteiger partial charge < -0.3 is 11.1 Å². The van der Waals surface area contributed by atoms with E-state index in [4.69, 9.17) is 5.73 Å². The molecule has 3 N–H and O–H groups in total. The summed E-state index contributed by atoms with van der Waals surface area (Å²) in [7, 11) is 0. The Kier molecular flexibility index (Phi) is 4.99. The topological polar surface area (TPSA) is 55.1 Å². The zero-order valence-electron chi connectivity index (χ0n) is 13.4. The minimum absolute atomic E-state index is 0.134. The fourth-order valence-electron chi connectivity index (χ4n) is 2.28. The highest BCUT2D eigenvalue weighted by atomic mass is 16.2. The summed E-state index contributed by atoms with van der Waals surface area (Å²) in [6.45, 7) is 5.91. The van der Waals surface area contributed by atoms with Crippen molar-refractivity contribution in [3.05, 3.63) is 71.8 Å². The molecule has 3 nitrogen and oxygen atoms in total. The van der Waals surface area contributed by atoms with Crippen LogP contribution in [-0.2, 0) is 4.79 Å². The third-order valence-electron chi connectivity index (χ3n) is 3.77. The monoisotopic (exact) mass is 296 g/mol. The minimum Gasteiger partial charge on any atom is -0.344 e. The Morgan fingerprint density at radius 3 is 1.68 bits per heavy atom. The smallest absolute Gasteiger partial charge is 0.238 e. The molecule has 116 valence electrons. The Bertz CT molecular complexity index is 563. The number of carbonyl (C=O) groups is 1. The van der Waals surface area contributed by atoms with E-state index in [0.29, 0.717) is 0 Å². The van der Waals surface area contributed by atoms with Crippen LogP contribution in [0.2, 0.25) is 0 Å². The van der Waals surface area contributed by atoms with E-state index < -0.39 is 6.04 Å². The maximum atomic E-state index is 12.5. The molecule has 3 heteroatoms. The summed E-state index contributed by atoms with van der Waals surface area (Å²) in [6, 6.07) is 19.1. The lowest BCUT2D eigenvalue weighted by Gasteiger charge is -2.28. The minimum atomic E-state index is -0.553. The molecular formula is C19H24N2O. The Morgan fingerprint density at radius 2 is 1.32 bits per heavy atom. The second-order valence-corrected chi connectivity index (χ2v) is 6.61. The molecule has 0 bridgehead atoms. The average molecular weight is 296 g/mol. The molecule has 0 aromatic heterocycles. The molecule has 0 saturated carbocycles. The Labute approximate surface area is 132 Å². The molecule has 0 spiro atoms. The standard InChI is InChI=1S/C19H24N2O/c1-19(2,3)17(20)18(22)21-16(14-10-6-4-7-11-14)15-12-8-5-9-13-15/h4-13,16-17H,20H2,1-3H3,(H,21,22). The second-order valence-electron chi connectivity index (χ2n) is 6.61. The molecule has 0 fully saturated rings. The van der Waals surface area contributed by atoms with Gasteiger partial charge in [0, 0.05) is 0 Å². The third kappa shape index (κ3) is 3.95. The van der Waals surface area contributed by atoms with Gasteiger partial charge in [-0.05, 0) is 16.5 Å². The van der Waals surface area contributed by atoms with E-state index in [1.54, 1.807) is 0 Å². The first-order valence-electron chi connectivity index (χ1n) is 7.55. The molecule has 0 aliphatic rings. The van der Waals surface area contributed by atoms with Crippen molar-refractivity contribution in [2.24, 2.45) is 11.1 Å². The second kappa shape index (κ2) is 6.75. The van der Waals surface area contributed by atoms with Crippen LogP contribution in [0, 0.1) is 5.41 Å². The molecule has 2 aromatic rings. The van der Waals surface area contributed by atoms with E-state index in [2.05, 4.69) is 5.32 Å². The zero-order valence-corrected chi connectivity index (χ0v) is 13.4. The van der Waals surface area contributed by atoms with Crippen LogP contribution in [0.1, 0.15) is 37.9 Å². The van der Waals surface area contributed by atoms with Crippen LogP contribution in [0.25, 0.3) is 0 Å². The van der Waals surface area contributed by atoms with Crippen LogP contribution < -0.4 is 11.1 Å². The molecule has 2 aromatic carbocycles. The molecule has 0 aliphatic heterocycles. The fourth-order valence-corrected chi connectivity index (χ4v) is 2.28. The van der Waals surface area contributed by atoms with Gasteiger partial charge in [-0.2, -0.15) is 0 Å². The van der Waals surface area contributed by atoms with E-state index in [1.165, 1.54) is 0 Å². The van der Waals surface area contributed by atoms with Gasteiger partial charge in [-0.25, -0.2) is 0 Å². The molecule has 2 rings (SSSR count). The first-order valence-corrected chi connectivity index (χ1v) is 7.55. The first-order chi connectivity index (χ1) is 10.4. The number of benzene rings is 2. The maximum absolute atomic E-state index is 12.5. The van der Waals surface area contributed by atoms with Crippen molar-refractivity contribution < 1.29 is 4.79 Å². The van der Waals surface area contributed by atoms with Crippen molar-refractivity contribution in [3.8, 4) is 0 Å². The highest BCUT2D eigenvalue weighted by Crippen LogP contribution is 2.23. The number of amides is 1. The largest absolute Gasteiger partial charge is 0.344 e. The Morgan fingerprint density at radius 1 is 0.909 bits per heavy atom. The van der Waals surface area contributed by atoms with Crippen molar-refractivity contribution in [2.75, 3.05) is 0 Å². The van der Waals surface area contributed by atoms with Crippen LogP contribution in [-0.4, -0.2) is 11.9 Å². The molecule has 0 saturated heterocycles. The van der Waals surface area contributed by atoms with Crippen LogP contribution in [0.5, 0.6) is 0 Å². The molecule has 1 atom stereocenters. The zero-order chi connectivity index (χ0) is 16.2. The molecule has 0 aliphatic carbocycles. The number of hydrogen-bond acceptors (Lipinski definition) is 2. The summed E-state index contributed by atoms with van der Waals surface area (Å²) in [5.41, 5.74) is 7.90. The van der Waals surface area contributed by atoms with Gasteiger partial charge in [-0.15, -0.1) is 0 Å². The van der Waals surface area contributed by atoms with Crippen molar-refractivity contribution in [3.63, 3.8) is 0 Å². The first kappa shape index (κ1) is 16.2. The van der Waals surface area contributed by atoms with Gasteiger partial charge >= 0.3 is 0 Å². The van der Waals surface area contributed by atoms with Crippen molar-refractivity contribution in [1.29, 1.82) is 0 Å². The lowest BCUT2D eigenvalue weighted by Crippen LogP contribution is -2.49. The van der Waals surface area contributed by atoms with Crippen LogP contribution in [0.3, 0.4) is 0 Å². The van der Waals surface area contributed by atoms with Gasteiger partial charge in [0.2, 0.25) is 5.91 Å². The highest BCUT2D eigenvalue weighted by Gasteiger charge is 2.29. The maximum Gasteiger partial charge on any atom is 0.238 e. The van der Waals surface area contributed by atoms with Gasteiger partial charge in [0.25, 0.3) is 0 Å². The van der Waals surface area contributed by atoms with E-state index >= 15 is 0 Å². The highest BCUT2D eigenvalue weighted by molar-refractivity contribution is 5.83. The molecule has 0 heterocycles. The number of rotatable bonds is 4. The summed E-state index contributed by atoms with van der Waals surface area (Å²) in [5.74, 6) is -0.134. The number of carbonyl (C=O) groups excluding carboxylic acids is 1. The van der Waals surface area contributed by atoms with Gasteiger partial charge in [-0.1, -0.05) is 81.4 Å². The summed E-state index contributed by atoms with van der Waals surface area (Å²) in [4.78, 5) is 12.5. The van der Waals surface area contributed by atoms with E-state index in [-0.39, 0.29) is 17.4 Å². The Balaban J connectivity index is 2.29. The molecule has 0 radical (unpaired) electrons. The quantitative estimate of drug-likeness (QED) is 0.910. The van der Waals surface area contributed by atoms with Crippen LogP contribution in [0.4, 0.5) is 0 Å². The number of nitrogens with two attached hydrogens (primary N) is 1. The molecule has 1 amide bonds. The number of nitrogens with one attached hydrogen (secondary N) is 1. The van der Waals surface area contributed by atoms with E-state index in [1.807, 2.05) is 81.4 Å². The molecular weight excluding hydrogens is 272 g/mol. The van der Waals surface area contributed by atoms with E-state index in [9.17, 15) is 4.79 Å². The van der Waals surface area contributed by atoms with Crippen LogP contribution >= 0.6 is 0 Å². The average Bonchev–Trinajstić information content (AvgIpc) is 2.52. The predicted octanol–water partition coefficient (Wildman–Crippen LogP) is 3.27. The molecule has 1 unspecified atom stereocenters. The van der Waals surface area contributed by atoms with Gasteiger partial charge in [0.1, 0.15) is 0 Å². The fraction of sp³-hybridized carbons (Fsp3) is 0.316. The lowest BCUT2D eigenvalue weighted by molar-refractivity contribution is -0.125. The lowest BCUT2D eigenvalue weighted by atomic mass is 9.86. The summed E-state index contributed by atoms with van der Waals surface area (Å²) < 4.78 is 0. The van der Waals surface area contributed by atoms with Crippen molar-refractivity contribution in [1.82, 2.24) is 5.32 Å². The summed E-state index contributed by atoms with van der Waals surface area (Å²) in [5, 5.41) is 3.09. The predicted molar refractivity (Wildman–Crippen MR) is 90.3 cm³/mol. The van der Waals surface area contributed by atoms with Gasteiger partial charge in [-0.3, -0.25) is 4.79 Å². The normalized spacial score (nSPS) is 13.0. The van der Waals surface area contributed by atoms with Crippen molar-refractivity contribution >= 4 is 5.91 Å². The van der Waals surface area contributed by atoms with Gasteiger partial charge in [0.15, 0.2) is 0 Å². The number of hydrogen-bond donors (Lipinski definition) is 2. The van der Waals surface area contributed by atoms with E-state index in [0.717, 1.165) is 11.1 Å². The van der Waals surface area contributed by atoms with Crippen LogP contribution in [0.15, 0.2) is 60.7 Å². The van der Waals surface area contributed by atoms with Gasteiger partial charge in [0.05, 0.1) is 12.1 Å².